The summed E-state index contributed by atoms with van der Waals surface area (Å²) in [5.74, 6) is 1.90. The third-order valence-electron chi connectivity index (χ3n) is 6.95. The second-order valence-corrected chi connectivity index (χ2v) is 11.6. The number of H-pyrrole nitrogens is 2. The number of anilines is 1. The molecular formula is C31H36Br2ClN7O2. The molecular weight excluding hydrogens is 698 g/mol. The summed E-state index contributed by atoms with van der Waals surface area (Å²) < 4.78 is 13.3. The molecule has 0 bridgehead atoms. The summed E-state index contributed by atoms with van der Waals surface area (Å²) in [4.78, 5) is 26.9. The fourth-order valence-corrected chi connectivity index (χ4v) is 6.21. The third-order valence-corrected chi connectivity index (χ3v) is 8.44. The van der Waals surface area contributed by atoms with Crippen molar-refractivity contribution in [1.29, 1.82) is 0 Å². The second-order valence-electron chi connectivity index (χ2n) is 9.56. The van der Waals surface area contributed by atoms with Gasteiger partial charge in [-0.25, -0.2) is 9.97 Å². The summed E-state index contributed by atoms with van der Waals surface area (Å²) in [6.45, 7) is 7.03. The van der Waals surface area contributed by atoms with E-state index in [9.17, 15) is 0 Å². The highest BCUT2D eigenvalue weighted by Gasteiger charge is 2.20. The number of nitrogens with zero attached hydrogens (tertiary/aromatic N) is 5. The minimum atomic E-state index is 0. The Balaban J connectivity index is 0.000000193. The zero-order chi connectivity index (χ0) is 28.5. The van der Waals surface area contributed by atoms with Crippen LogP contribution in [0.3, 0.4) is 0 Å². The van der Waals surface area contributed by atoms with Gasteiger partial charge in [0, 0.05) is 32.8 Å². The Kier molecular flexibility index (Phi) is 10.7. The first-order valence-electron chi connectivity index (χ1n) is 13.6. The van der Waals surface area contributed by atoms with Crippen LogP contribution in [0.5, 0.6) is 11.8 Å². The van der Waals surface area contributed by atoms with Crippen molar-refractivity contribution in [3.8, 4) is 11.8 Å². The van der Waals surface area contributed by atoms with E-state index in [4.69, 9.17) is 26.1 Å². The minimum absolute atomic E-state index is 0. The van der Waals surface area contributed by atoms with Gasteiger partial charge < -0.3 is 24.3 Å². The van der Waals surface area contributed by atoms with Gasteiger partial charge in [0.25, 0.3) is 0 Å². The molecule has 0 aliphatic carbocycles. The molecule has 1 fully saturated rings. The maximum atomic E-state index is 5.93. The predicted octanol–water partition coefficient (Wildman–Crippen LogP) is 9.46. The highest BCUT2D eigenvalue weighted by molar-refractivity contribution is 9.11. The third kappa shape index (κ3) is 6.39. The van der Waals surface area contributed by atoms with Gasteiger partial charge >= 0.3 is 0 Å². The molecule has 228 valence electrons. The number of para-hydroxylation sites is 2. The van der Waals surface area contributed by atoms with Crippen molar-refractivity contribution in [2.45, 2.75) is 48.0 Å². The molecule has 0 amide bonds. The Hall–Kier alpha value is -3.15. The van der Waals surface area contributed by atoms with Crippen LogP contribution in [0.1, 0.15) is 48.0 Å². The first-order valence-corrected chi connectivity index (χ1v) is 15.6. The normalized spacial score (nSPS) is 13.0. The first kappa shape index (κ1) is 32.8. The van der Waals surface area contributed by atoms with Crippen LogP contribution in [0, 0.1) is 0 Å². The van der Waals surface area contributed by atoms with Crippen LogP contribution in [0.4, 0.5) is 5.95 Å². The van der Waals surface area contributed by atoms with Gasteiger partial charge in [0.1, 0.15) is 22.1 Å². The van der Waals surface area contributed by atoms with Gasteiger partial charge in [-0.2, -0.15) is 9.97 Å². The molecule has 9 nitrogen and oxygen atoms in total. The second kappa shape index (κ2) is 14.1. The summed E-state index contributed by atoms with van der Waals surface area (Å²) in [7, 11) is 0. The van der Waals surface area contributed by atoms with Gasteiger partial charge in [-0.1, -0.05) is 39.1 Å². The number of hydrogen-bond donors (Lipinski definition) is 2. The monoisotopic (exact) mass is 731 g/mol. The smallest absolute Gasteiger partial charge is 0.243 e. The van der Waals surface area contributed by atoms with Crippen LogP contribution in [0.2, 0.25) is 5.28 Å². The molecule has 0 atom stereocenters. The molecule has 0 radical (unpaired) electrons. The number of aromatic nitrogens is 6. The van der Waals surface area contributed by atoms with E-state index >= 15 is 0 Å². The molecule has 0 spiro atoms. The molecule has 5 heterocycles. The Bertz CT molecular complexity index is 1870. The summed E-state index contributed by atoms with van der Waals surface area (Å²) in [5.41, 5.74) is 5.34. The minimum Gasteiger partial charge on any atom is -0.476 e. The van der Waals surface area contributed by atoms with E-state index in [2.05, 4.69) is 67.7 Å². The Morgan fingerprint density at radius 3 is 1.77 bits per heavy atom. The van der Waals surface area contributed by atoms with Gasteiger partial charge in [-0.3, -0.25) is 0 Å². The predicted molar refractivity (Wildman–Crippen MR) is 185 cm³/mol. The SMILES string of the molecule is C.C.CCOc1nc(Cl)nc2c1[nH]c1c(Br)cccc12.CCOc1nc(N2CCCCC2)nc2c1[nH]c1c(Br)cccc12. The standard InChI is InChI=1S/C17H19BrN4O.C12H9BrClN3O.2CH4/c1-2-23-16-15-14(11-7-6-8-12(18)13(11)19-15)20-17(21-16)22-9-4-3-5-10-22;1-2-18-11-10-9(16-12(14)17-11)6-4-3-5-7(13)8(6)15-10;;/h6-8,19H,2-5,9-10H2,1H3;3-5,15H,2H2,1H3;2*1H4. The molecule has 0 saturated carbocycles. The van der Waals surface area contributed by atoms with E-state index in [1.165, 1.54) is 19.3 Å². The molecule has 43 heavy (non-hydrogen) atoms. The molecule has 1 saturated heterocycles. The van der Waals surface area contributed by atoms with E-state index < -0.39 is 0 Å². The Labute approximate surface area is 273 Å². The highest BCUT2D eigenvalue weighted by Crippen LogP contribution is 2.35. The van der Waals surface area contributed by atoms with Crippen LogP contribution in [-0.4, -0.2) is 56.2 Å². The van der Waals surface area contributed by atoms with E-state index in [1.54, 1.807) is 0 Å². The van der Waals surface area contributed by atoms with Gasteiger partial charge in [0.05, 0.1) is 24.2 Å². The summed E-state index contributed by atoms with van der Waals surface area (Å²) in [6, 6.07) is 12.0. The van der Waals surface area contributed by atoms with Crippen molar-refractivity contribution in [1.82, 2.24) is 29.9 Å². The van der Waals surface area contributed by atoms with Crippen LogP contribution in [0.25, 0.3) is 43.9 Å². The highest BCUT2D eigenvalue weighted by atomic mass is 79.9. The van der Waals surface area contributed by atoms with Crippen LogP contribution in [0.15, 0.2) is 45.3 Å². The summed E-state index contributed by atoms with van der Waals surface area (Å²) >= 11 is 13.0. The molecule has 0 unspecified atom stereocenters. The summed E-state index contributed by atoms with van der Waals surface area (Å²) in [5, 5.41) is 2.27. The molecule has 12 heteroatoms. The Morgan fingerprint density at radius 1 is 0.721 bits per heavy atom. The molecule has 6 aromatic rings. The number of fused-ring (bicyclic) bond motifs is 6. The lowest BCUT2D eigenvalue weighted by atomic mass is 10.1. The van der Waals surface area contributed by atoms with E-state index in [0.29, 0.717) is 25.0 Å². The lowest BCUT2D eigenvalue weighted by molar-refractivity contribution is 0.330. The number of hydrogen-bond acceptors (Lipinski definition) is 7. The van der Waals surface area contributed by atoms with Crippen molar-refractivity contribution < 1.29 is 9.47 Å². The van der Waals surface area contributed by atoms with Crippen LogP contribution in [-0.2, 0) is 0 Å². The van der Waals surface area contributed by atoms with E-state index in [-0.39, 0.29) is 20.1 Å². The van der Waals surface area contributed by atoms with Crippen molar-refractivity contribution in [3.63, 3.8) is 0 Å². The Morgan fingerprint density at radius 2 is 1.23 bits per heavy atom. The number of benzene rings is 2. The molecule has 2 aromatic carbocycles. The van der Waals surface area contributed by atoms with Crippen molar-refractivity contribution >= 4 is 93.3 Å². The van der Waals surface area contributed by atoms with E-state index in [0.717, 1.165) is 71.9 Å². The number of halogens is 3. The van der Waals surface area contributed by atoms with Crippen molar-refractivity contribution in [2.24, 2.45) is 0 Å². The number of nitrogens with one attached hydrogen (secondary N) is 2. The van der Waals surface area contributed by atoms with E-state index in [1.807, 2.05) is 44.2 Å². The topological polar surface area (TPSA) is 105 Å². The van der Waals surface area contributed by atoms with Gasteiger partial charge in [-0.15, -0.1) is 0 Å². The average Bonchev–Trinajstić information content (AvgIpc) is 3.55. The largest absolute Gasteiger partial charge is 0.476 e. The lowest BCUT2D eigenvalue weighted by Gasteiger charge is -2.26. The van der Waals surface area contributed by atoms with Crippen LogP contribution < -0.4 is 14.4 Å². The first-order chi connectivity index (χ1) is 20.0. The molecule has 1 aliphatic heterocycles. The van der Waals surface area contributed by atoms with Gasteiger partial charge in [0.2, 0.25) is 23.0 Å². The summed E-state index contributed by atoms with van der Waals surface area (Å²) in [6.07, 6.45) is 3.69. The average molecular weight is 734 g/mol. The molecule has 7 rings (SSSR count). The van der Waals surface area contributed by atoms with Crippen molar-refractivity contribution in [2.75, 3.05) is 31.2 Å². The molecule has 1 aliphatic rings. The lowest BCUT2D eigenvalue weighted by Crippen LogP contribution is -2.31. The maximum Gasteiger partial charge on any atom is 0.243 e. The van der Waals surface area contributed by atoms with Gasteiger partial charge in [-0.05, 0) is 88.7 Å². The zero-order valence-corrected chi connectivity index (χ0v) is 26.5. The molecule has 2 N–H and O–H groups in total. The number of ether oxygens (including phenoxy) is 2. The number of aromatic amines is 2. The quantitative estimate of drug-likeness (QED) is 0.170. The number of piperidine rings is 1. The van der Waals surface area contributed by atoms with Gasteiger partial charge in [0.15, 0.2) is 0 Å². The molecule has 4 aromatic heterocycles. The zero-order valence-electron chi connectivity index (χ0n) is 22.6. The fourth-order valence-electron chi connectivity index (χ4n) is 5.12. The van der Waals surface area contributed by atoms with Crippen LogP contribution >= 0.6 is 43.5 Å². The van der Waals surface area contributed by atoms with Crippen molar-refractivity contribution in [3.05, 3.63) is 50.6 Å². The number of rotatable bonds is 5. The maximum absolute atomic E-state index is 5.93. The fraction of sp³-hybridized carbons (Fsp3) is 0.355.